The third-order valence-electron chi connectivity index (χ3n) is 3.24. The third-order valence-corrected chi connectivity index (χ3v) is 3.24. The van der Waals surface area contributed by atoms with E-state index in [1.165, 1.54) is 25.3 Å². The Morgan fingerprint density at radius 2 is 2.00 bits per heavy atom. The van der Waals surface area contributed by atoms with Crippen molar-refractivity contribution in [3.63, 3.8) is 0 Å². The summed E-state index contributed by atoms with van der Waals surface area (Å²) in [7, 11) is 1.33. The van der Waals surface area contributed by atoms with Crippen molar-refractivity contribution in [2.45, 2.75) is 13.1 Å². The van der Waals surface area contributed by atoms with Crippen LogP contribution < -0.4 is 14.8 Å². The number of nitrogens with zero attached hydrogens (tertiary/aromatic N) is 2. The molecule has 1 aromatic heterocycles. The first kappa shape index (κ1) is 19.1. The van der Waals surface area contributed by atoms with Crippen molar-refractivity contribution in [3.05, 3.63) is 47.2 Å². The van der Waals surface area contributed by atoms with Crippen LogP contribution in [0.5, 0.6) is 17.4 Å². The molecule has 0 radical (unpaired) electrons. The van der Waals surface area contributed by atoms with Gasteiger partial charge in [-0.3, -0.25) is 4.79 Å². The highest BCUT2D eigenvalue weighted by atomic mass is 19.4. The van der Waals surface area contributed by atoms with Crippen molar-refractivity contribution in [3.8, 4) is 23.4 Å². The van der Waals surface area contributed by atoms with Gasteiger partial charge in [0.1, 0.15) is 23.7 Å². The number of nitriles is 1. The van der Waals surface area contributed by atoms with Crippen LogP contribution in [0.3, 0.4) is 0 Å². The lowest BCUT2D eigenvalue weighted by molar-refractivity contribution is -0.123. The van der Waals surface area contributed by atoms with Crippen LogP contribution in [0.1, 0.15) is 21.6 Å². The van der Waals surface area contributed by atoms with E-state index < -0.39 is 18.6 Å². The molecule has 0 saturated heterocycles. The van der Waals surface area contributed by atoms with Crippen LogP contribution in [0.25, 0.3) is 0 Å². The molecular formula is C17H14F3N3O3. The average molecular weight is 365 g/mol. The second-order valence-corrected chi connectivity index (χ2v) is 5.22. The molecule has 2 rings (SSSR count). The third kappa shape index (κ3) is 5.11. The number of halogens is 3. The van der Waals surface area contributed by atoms with Crippen LogP contribution >= 0.6 is 0 Å². The lowest BCUT2D eigenvalue weighted by Gasteiger charge is -2.11. The zero-order chi connectivity index (χ0) is 19.3. The second-order valence-electron chi connectivity index (χ2n) is 5.22. The molecular weight excluding hydrogens is 351 g/mol. The van der Waals surface area contributed by atoms with E-state index in [9.17, 15) is 18.0 Å². The first-order valence-electron chi connectivity index (χ1n) is 7.31. The van der Waals surface area contributed by atoms with Gasteiger partial charge < -0.3 is 14.8 Å². The first-order chi connectivity index (χ1) is 12.2. The SMILES string of the molecule is COc1cc(Oc2ccc(C)c(C#N)c2)nc(C(=O)NCC(F)(F)F)c1. The van der Waals surface area contributed by atoms with Gasteiger partial charge in [0, 0.05) is 12.1 Å². The second kappa shape index (κ2) is 7.74. The number of carbonyl (C=O) groups is 1. The van der Waals surface area contributed by atoms with E-state index in [1.807, 2.05) is 6.07 Å². The van der Waals surface area contributed by atoms with Gasteiger partial charge in [0.2, 0.25) is 5.88 Å². The smallest absolute Gasteiger partial charge is 0.405 e. The van der Waals surface area contributed by atoms with Crippen LogP contribution in [0.2, 0.25) is 0 Å². The zero-order valence-electron chi connectivity index (χ0n) is 13.8. The maximum atomic E-state index is 12.2. The quantitative estimate of drug-likeness (QED) is 0.878. The maximum absolute atomic E-state index is 12.2. The Bertz CT molecular complexity index is 861. The van der Waals surface area contributed by atoms with Crippen LogP contribution in [0, 0.1) is 18.3 Å². The van der Waals surface area contributed by atoms with Gasteiger partial charge in [0.25, 0.3) is 5.91 Å². The molecule has 0 saturated carbocycles. The molecule has 0 atom stereocenters. The van der Waals surface area contributed by atoms with Crippen LogP contribution in [-0.2, 0) is 0 Å². The Morgan fingerprint density at radius 3 is 2.62 bits per heavy atom. The zero-order valence-corrected chi connectivity index (χ0v) is 13.8. The van der Waals surface area contributed by atoms with Crippen molar-refractivity contribution in [2.24, 2.45) is 0 Å². The number of aromatic nitrogens is 1. The largest absolute Gasteiger partial charge is 0.496 e. The molecule has 0 aliphatic heterocycles. The summed E-state index contributed by atoms with van der Waals surface area (Å²) >= 11 is 0. The number of hydrogen-bond acceptors (Lipinski definition) is 5. The fourth-order valence-electron chi connectivity index (χ4n) is 1.94. The van der Waals surface area contributed by atoms with Gasteiger partial charge >= 0.3 is 6.18 Å². The number of methoxy groups -OCH3 is 1. The average Bonchev–Trinajstić information content (AvgIpc) is 2.60. The van der Waals surface area contributed by atoms with Crippen molar-refractivity contribution >= 4 is 5.91 Å². The summed E-state index contributed by atoms with van der Waals surface area (Å²) in [5, 5.41) is 10.8. The Morgan fingerprint density at radius 1 is 1.27 bits per heavy atom. The number of amides is 1. The van der Waals surface area contributed by atoms with Gasteiger partial charge in [-0.1, -0.05) is 6.07 Å². The van der Waals surface area contributed by atoms with E-state index in [0.717, 1.165) is 5.56 Å². The predicted molar refractivity (Wildman–Crippen MR) is 85.1 cm³/mol. The summed E-state index contributed by atoms with van der Waals surface area (Å²) in [5.41, 5.74) is 0.857. The molecule has 1 aromatic carbocycles. The number of pyridine rings is 1. The van der Waals surface area contributed by atoms with E-state index in [1.54, 1.807) is 24.4 Å². The van der Waals surface area contributed by atoms with E-state index >= 15 is 0 Å². The summed E-state index contributed by atoms with van der Waals surface area (Å²) in [5.74, 6) is -0.615. The number of ether oxygens (including phenoxy) is 2. The molecule has 0 spiro atoms. The monoisotopic (exact) mass is 365 g/mol. The molecule has 136 valence electrons. The minimum Gasteiger partial charge on any atom is -0.496 e. The van der Waals surface area contributed by atoms with Crippen molar-refractivity contribution in [1.29, 1.82) is 5.26 Å². The number of hydrogen-bond donors (Lipinski definition) is 1. The minimum atomic E-state index is -4.54. The summed E-state index contributed by atoms with van der Waals surface area (Å²) in [6.07, 6.45) is -4.54. The number of rotatable bonds is 5. The number of alkyl halides is 3. The molecule has 1 N–H and O–H groups in total. The highest BCUT2D eigenvalue weighted by molar-refractivity contribution is 5.92. The summed E-state index contributed by atoms with van der Waals surface area (Å²) in [6.45, 7) is 0.277. The van der Waals surface area contributed by atoms with Crippen molar-refractivity contribution < 1.29 is 27.4 Å². The highest BCUT2D eigenvalue weighted by Gasteiger charge is 2.28. The van der Waals surface area contributed by atoms with E-state index in [2.05, 4.69) is 4.98 Å². The van der Waals surface area contributed by atoms with Gasteiger partial charge in [-0.2, -0.15) is 18.4 Å². The minimum absolute atomic E-state index is 0.0609. The number of benzene rings is 1. The normalized spacial score (nSPS) is 10.8. The van der Waals surface area contributed by atoms with Crippen molar-refractivity contribution in [2.75, 3.05) is 13.7 Å². The molecule has 0 unspecified atom stereocenters. The molecule has 0 aliphatic carbocycles. The number of carbonyl (C=O) groups excluding carboxylic acids is 1. The molecule has 26 heavy (non-hydrogen) atoms. The first-order valence-corrected chi connectivity index (χ1v) is 7.31. The Balaban J connectivity index is 2.26. The lowest BCUT2D eigenvalue weighted by atomic mass is 10.1. The highest BCUT2D eigenvalue weighted by Crippen LogP contribution is 2.26. The molecule has 0 aliphatic rings. The Hall–Kier alpha value is -3.28. The molecule has 1 amide bonds. The molecule has 1 heterocycles. The lowest BCUT2D eigenvalue weighted by Crippen LogP contribution is -2.34. The maximum Gasteiger partial charge on any atom is 0.405 e. The molecule has 0 bridgehead atoms. The molecule has 6 nitrogen and oxygen atoms in total. The van der Waals surface area contributed by atoms with Crippen LogP contribution in [0.15, 0.2) is 30.3 Å². The summed E-state index contributed by atoms with van der Waals surface area (Å²) in [6, 6.07) is 9.32. The fourth-order valence-corrected chi connectivity index (χ4v) is 1.94. The van der Waals surface area contributed by atoms with E-state index in [-0.39, 0.29) is 23.1 Å². The Labute approximate surface area is 147 Å². The van der Waals surface area contributed by atoms with Crippen molar-refractivity contribution in [1.82, 2.24) is 10.3 Å². The molecule has 9 heteroatoms. The topological polar surface area (TPSA) is 84.2 Å². The standard InChI is InChI=1S/C17H14F3N3O3/c1-10-3-4-12(5-11(10)8-21)26-15-7-13(25-2)6-14(23-15)16(24)22-9-17(18,19)20/h3-7H,9H2,1-2H3,(H,22,24). The van der Waals surface area contributed by atoms with Crippen LogP contribution in [0.4, 0.5) is 13.2 Å². The van der Waals surface area contributed by atoms with Crippen LogP contribution in [-0.4, -0.2) is 30.7 Å². The Kier molecular flexibility index (Phi) is 5.67. The fraction of sp³-hybridized carbons (Fsp3) is 0.235. The van der Waals surface area contributed by atoms with Gasteiger partial charge in [0.05, 0.1) is 18.7 Å². The molecule has 2 aromatic rings. The van der Waals surface area contributed by atoms with E-state index in [0.29, 0.717) is 5.56 Å². The van der Waals surface area contributed by atoms with E-state index in [4.69, 9.17) is 14.7 Å². The number of nitrogens with one attached hydrogen (secondary N) is 1. The van der Waals surface area contributed by atoms with Gasteiger partial charge in [-0.25, -0.2) is 4.98 Å². The summed E-state index contributed by atoms with van der Waals surface area (Å²) in [4.78, 5) is 15.8. The molecule has 0 fully saturated rings. The number of aryl methyl sites for hydroxylation is 1. The van der Waals surface area contributed by atoms with Gasteiger partial charge in [-0.15, -0.1) is 0 Å². The van der Waals surface area contributed by atoms with Gasteiger partial charge in [-0.05, 0) is 24.6 Å². The van der Waals surface area contributed by atoms with Gasteiger partial charge in [0.15, 0.2) is 0 Å². The predicted octanol–water partition coefficient (Wildman–Crippen LogP) is 3.35. The summed E-state index contributed by atoms with van der Waals surface area (Å²) < 4.78 is 47.2.